The van der Waals surface area contributed by atoms with Crippen LogP contribution in [0.25, 0.3) is 0 Å². The van der Waals surface area contributed by atoms with Crippen LogP contribution < -0.4 is 0 Å². The van der Waals surface area contributed by atoms with Gasteiger partial charge in [0.1, 0.15) is 6.10 Å². The maximum atomic E-state index is 11.0. The number of hydrogen-bond donors (Lipinski definition) is 1. The van der Waals surface area contributed by atoms with Gasteiger partial charge in [-0.05, 0) is 13.3 Å². The van der Waals surface area contributed by atoms with Gasteiger partial charge in [-0.25, -0.2) is 4.79 Å². The van der Waals surface area contributed by atoms with Gasteiger partial charge in [-0.2, -0.15) is 0 Å². The second kappa shape index (κ2) is 21.1. The van der Waals surface area contributed by atoms with Crippen LogP contribution in [0.3, 0.4) is 0 Å². The fourth-order valence-corrected chi connectivity index (χ4v) is 2.59. The Balaban J connectivity index is 0. The molecule has 1 atom stereocenters. The molecule has 0 bridgehead atoms. The topological polar surface area (TPSA) is 46.5 Å². The Morgan fingerprint density at radius 3 is 1.48 bits per heavy atom. The second-order valence-corrected chi connectivity index (χ2v) is 6.44. The van der Waals surface area contributed by atoms with E-state index in [1.807, 2.05) is 0 Å². The second-order valence-electron chi connectivity index (χ2n) is 6.44. The van der Waals surface area contributed by atoms with Gasteiger partial charge in [0.05, 0.1) is 6.61 Å². The number of unbranched alkanes of at least 4 members (excludes halogenated alkanes) is 13. The average Bonchev–Trinajstić information content (AvgIpc) is 2.50. The zero-order valence-corrected chi connectivity index (χ0v) is 14.9. The molecule has 0 saturated heterocycles. The van der Waals surface area contributed by atoms with Crippen molar-refractivity contribution < 1.29 is 14.6 Å². The Labute approximate surface area is 186 Å². The van der Waals surface area contributed by atoms with Crippen LogP contribution in [0.5, 0.6) is 0 Å². The number of rotatable bonds is 16. The van der Waals surface area contributed by atoms with Gasteiger partial charge >= 0.3 is 57.4 Å². The van der Waals surface area contributed by atoms with Crippen molar-refractivity contribution >= 4 is 57.4 Å². The van der Waals surface area contributed by atoms with Crippen LogP contribution in [-0.2, 0) is 9.53 Å². The summed E-state index contributed by atoms with van der Waals surface area (Å²) in [5.74, 6) is -0.505. The Morgan fingerprint density at radius 1 is 0.783 bits per heavy atom. The van der Waals surface area contributed by atoms with Crippen molar-refractivity contribution in [1.82, 2.24) is 0 Å². The summed E-state index contributed by atoms with van der Waals surface area (Å²) in [7, 11) is 0. The Kier molecular flexibility index (Phi) is 24.1. The molecule has 0 rings (SSSR count). The van der Waals surface area contributed by atoms with E-state index in [9.17, 15) is 4.79 Å². The van der Waals surface area contributed by atoms with E-state index in [0.717, 1.165) is 12.8 Å². The Morgan fingerprint density at radius 2 is 1.13 bits per heavy atom. The summed E-state index contributed by atoms with van der Waals surface area (Å²) in [6.45, 7) is 4.15. The minimum atomic E-state index is -0.994. The first-order valence-corrected chi connectivity index (χ1v) is 9.53. The van der Waals surface area contributed by atoms with Crippen LogP contribution in [0.15, 0.2) is 0 Å². The molecule has 4 heteroatoms. The van der Waals surface area contributed by atoms with E-state index in [-0.39, 0.29) is 51.4 Å². The van der Waals surface area contributed by atoms with Crippen LogP contribution in [-0.4, -0.2) is 75.2 Å². The van der Waals surface area contributed by atoms with E-state index < -0.39 is 12.1 Å². The van der Waals surface area contributed by atoms with Crippen molar-refractivity contribution in [1.29, 1.82) is 0 Å². The van der Waals surface area contributed by atoms with Crippen molar-refractivity contribution in [2.45, 2.75) is 110 Å². The van der Waals surface area contributed by atoms with Gasteiger partial charge in [0.25, 0.3) is 0 Å². The zero-order chi connectivity index (χ0) is 16.5. The van der Waals surface area contributed by atoms with Crippen LogP contribution in [0.4, 0.5) is 0 Å². The standard InChI is InChI=1S/C19H38O3.K.H/c1-3-4-5-6-7-8-9-10-11-12-13-14-15-16-17-22-19(21)18(2)20;;/h18,20H,3-17H2,1-2H3;;. The van der Waals surface area contributed by atoms with Gasteiger partial charge in [-0.1, -0.05) is 90.4 Å². The molecule has 0 radical (unpaired) electrons. The first kappa shape index (κ1) is 26.3. The Bertz CT molecular complexity index is 245. The molecular formula is C19H39KO3. The van der Waals surface area contributed by atoms with E-state index in [2.05, 4.69) is 6.92 Å². The molecule has 0 heterocycles. The molecule has 0 amide bonds. The summed E-state index contributed by atoms with van der Waals surface area (Å²) in [5.41, 5.74) is 0. The fraction of sp³-hybridized carbons (Fsp3) is 0.947. The number of esters is 1. The predicted octanol–water partition coefficient (Wildman–Crippen LogP) is 4.74. The SMILES string of the molecule is CCCCCCCCCCCCCCCCOC(=O)C(C)O.[KH]. The van der Waals surface area contributed by atoms with Gasteiger partial charge in [-0.3, -0.25) is 0 Å². The normalized spacial score (nSPS) is 11.8. The van der Waals surface area contributed by atoms with E-state index in [1.54, 1.807) is 0 Å². The molecule has 1 N–H and O–H groups in total. The predicted molar refractivity (Wildman–Crippen MR) is 100 cm³/mol. The third kappa shape index (κ3) is 21.0. The maximum absolute atomic E-state index is 11.0. The first-order chi connectivity index (χ1) is 10.7. The van der Waals surface area contributed by atoms with Gasteiger partial charge in [-0.15, -0.1) is 0 Å². The summed E-state index contributed by atoms with van der Waals surface area (Å²) < 4.78 is 4.92. The molecule has 0 aromatic heterocycles. The quantitative estimate of drug-likeness (QED) is 0.247. The van der Waals surface area contributed by atoms with Crippen molar-refractivity contribution in [2.75, 3.05) is 6.61 Å². The van der Waals surface area contributed by atoms with Crippen LogP contribution >= 0.6 is 0 Å². The molecule has 0 aromatic carbocycles. The summed E-state index contributed by atoms with van der Waals surface area (Å²) in [6, 6.07) is 0. The number of carbonyl (C=O) groups is 1. The fourth-order valence-electron chi connectivity index (χ4n) is 2.59. The summed E-state index contributed by atoms with van der Waals surface area (Å²) in [5, 5.41) is 8.96. The van der Waals surface area contributed by atoms with E-state index in [0.29, 0.717) is 6.61 Å². The molecule has 0 aromatic rings. The summed E-state index contributed by atoms with van der Waals surface area (Å²) >= 11 is 0. The first-order valence-electron chi connectivity index (χ1n) is 9.53. The molecular weight excluding hydrogens is 315 g/mol. The molecule has 23 heavy (non-hydrogen) atoms. The summed E-state index contributed by atoms with van der Waals surface area (Å²) in [4.78, 5) is 11.0. The minimum absolute atomic E-state index is 0. The number of aliphatic hydroxyl groups excluding tert-OH is 1. The molecule has 1 unspecified atom stereocenters. The molecule has 134 valence electrons. The van der Waals surface area contributed by atoms with Crippen LogP contribution in [0, 0.1) is 0 Å². The van der Waals surface area contributed by atoms with Crippen molar-refractivity contribution in [3.63, 3.8) is 0 Å². The van der Waals surface area contributed by atoms with E-state index >= 15 is 0 Å². The van der Waals surface area contributed by atoms with Crippen molar-refractivity contribution in [3.05, 3.63) is 0 Å². The van der Waals surface area contributed by atoms with Crippen molar-refractivity contribution in [2.24, 2.45) is 0 Å². The molecule has 0 saturated carbocycles. The van der Waals surface area contributed by atoms with E-state index in [4.69, 9.17) is 9.84 Å². The molecule has 0 spiro atoms. The number of carbonyl (C=O) groups excluding carboxylic acids is 1. The van der Waals surface area contributed by atoms with Gasteiger partial charge < -0.3 is 9.84 Å². The summed E-state index contributed by atoms with van der Waals surface area (Å²) in [6.07, 6.45) is 17.5. The molecule has 0 aliphatic carbocycles. The number of hydrogen-bond acceptors (Lipinski definition) is 3. The molecule has 0 aliphatic heterocycles. The number of aliphatic hydroxyl groups is 1. The van der Waals surface area contributed by atoms with Gasteiger partial charge in [0.2, 0.25) is 0 Å². The molecule has 3 nitrogen and oxygen atoms in total. The van der Waals surface area contributed by atoms with E-state index in [1.165, 1.54) is 84.0 Å². The van der Waals surface area contributed by atoms with Gasteiger partial charge in [0, 0.05) is 0 Å². The van der Waals surface area contributed by atoms with Gasteiger partial charge in [0.15, 0.2) is 0 Å². The van der Waals surface area contributed by atoms with Crippen LogP contribution in [0.1, 0.15) is 104 Å². The number of ether oxygens (including phenoxy) is 1. The average molecular weight is 355 g/mol. The molecule has 0 fully saturated rings. The van der Waals surface area contributed by atoms with Crippen molar-refractivity contribution in [3.8, 4) is 0 Å². The Hall–Kier alpha value is 1.07. The van der Waals surface area contributed by atoms with Crippen LogP contribution in [0.2, 0.25) is 0 Å². The molecule has 0 aliphatic rings. The zero-order valence-electron chi connectivity index (χ0n) is 14.9. The third-order valence-electron chi connectivity index (χ3n) is 4.08. The monoisotopic (exact) mass is 354 g/mol. The third-order valence-corrected chi connectivity index (χ3v) is 4.08.